The minimum absolute atomic E-state index is 0.142. The van der Waals surface area contributed by atoms with Crippen LogP contribution in [0.1, 0.15) is 35.8 Å². The monoisotopic (exact) mass is 437 g/mol. The van der Waals surface area contributed by atoms with Gasteiger partial charge in [-0.3, -0.25) is 4.79 Å². The van der Waals surface area contributed by atoms with Gasteiger partial charge in [-0.2, -0.15) is 5.26 Å². The van der Waals surface area contributed by atoms with Crippen LogP contribution in [0.4, 0.5) is 5.69 Å². The van der Waals surface area contributed by atoms with Crippen LogP contribution in [0.15, 0.2) is 35.5 Å². The molecule has 1 amide bonds. The predicted octanol–water partition coefficient (Wildman–Crippen LogP) is 4.66. The van der Waals surface area contributed by atoms with Crippen LogP contribution < -0.4 is 5.32 Å². The van der Waals surface area contributed by atoms with E-state index in [9.17, 15) is 4.79 Å². The Hall–Kier alpha value is -2.63. The number of benzene rings is 1. The fourth-order valence-electron chi connectivity index (χ4n) is 3.71. The molecule has 0 spiro atoms. The largest absolute Gasteiger partial charge is 0.325 e. The van der Waals surface area contributed by atoms with Crippen molar-refractivity contribution in [3.63, 3.8) is 0 Å². The summed E-state index contributed by atoms with van der Waals surface area (Å²) in [6.07, 6.45) is 4.83. The Morgan fingerprint density at radius 1 is 1.40 bits per heavy atom. The van der Waals surface area contributed by atoms with Gasteiger partial charge in [0.05, 0.1) is 22.3 Å². The van der Waals surface area contributed by atoms with Crippen LogP contribution >= 0.6 is 23.1 Å². The van der Waals surface area contributed by atoms with Crippen molar-refractivity contribution in [2.24, 2.45) is 13.0 Å². The lowest BCUT2D eigenvalue weighted by Gasteiger charge is -2.19. The lowest BCUT2D eigenvalue weighted by Crippen LogP contribution is -2.14. The minimum atomic E-state index is -0.142. The van der Waals surface area contributed by atoms with Gasteiger partial charge in [0, 0.05) is 17.6 Å². The second-order valence-electron chi connectivity index (χ2n) is 7.47. The third-order valence-electron chi connectivity index (χ3n) is 5.43. The molecule has 3 aromatic rings. The van der Waals surface area contributed by atoms with Crippen molar-refractivity contribution in [2.75, 3.05) is 11.1 Å². The summed E-state index contributed by atoms with van der Waals surface area (Å²) >= 11 is 3.18. The van der Waals surface area contributed by atoms with E-state index in [0.29, 0.717) is 16.4 Å². The van der Waals surface area contributed by atoms with Crippen molar-refractivity contribution in [3.05, 3.63) is 46.3 Å². The van der Waals surface area contributed by atoms with Crippen LogP contribution in [0.2, 0.25) is 0 Å². The van der Waals surface area contributed by atoms with Crippen LogP contribution in [0.5, 0.6) is 0 Å². The normalized spacial score (nSPS) is 15.4. The fourth-order valence-corrected chi connectivity index (χ4v) is 5.65. The number of nitrogens with zero attached hydrogens (tertiary/aromatic N) is 4. The van der Waals surface area contributed by atoms with E-state index >= 15 is 0 Å². The van der Waals surface area contributed by atoms with E-state index in [4.69, 9.17) is 5.26 Å². The lowest BCUT2D eigenvalue weighted by molar-refractivity contribution is -0.113. The summed E-state index contributed by atoms with van der Waals surface area (Å²) in [7, 11) is 1.94. The fraction of sp³-hybridized carbons (Fsp3) is 0.364. The van der Waals surface area contributed by atoms with Gasteiger partial charge in [0.25, 0.3) is 0 Å². The molecule has 1 aromatic carbocycles. The van der Waals surface area contributed by atoms with E-state index < -0.39 is 0 Å². The molecule has 8 heteroatoms. The smallest absolute Gasteiger partial charge is 0.234 e. The number of carbonyl (C=O) groups is 1. The van der Waals surface area contributed by atoms with Gasteiger partial charge in [-0.15, -0.1) is 21.5 Å². The van der Waals surface area contributed by atoms with Crippen molar-refractivity contribution >= 4 is 34.7 Å². The molecule has 0 aliphatic heterocycles. The molecule has 30 heavy (non-hydrogen) atoms. The Kier molecular flexibility index (Phi) is 6.21. The highest BCUT2D eigenvalue weighted by Crippen LogP contribution is 2.38. The third kappa shape index (κ3) is 4.42. The van der Waals surface area contributed by atoms with Crippen LogP contribution in [-0.4, -0.2) is 26.4 Å². The zero-order valence-electron chi connectivity index (χ0n) is 17.0. The number of aromatic nitrogens is 3. The first kappa shape index (κ1) is 20.6. The van der Waals surface area contributed by atoms with Crippen LogP contribution in [0.25, 0.3) is 10.7 Å². The van der Waals surface area contributed by atoms with Gasteiger partial charge >= 0.3 is 0 Å². The number of aryl methyl sites for hydroxylation is 1. The Bertz CT molecular complexity index is 1110. The second-order valence-corrected chi connectivity index (χ2v) is 9.55. The Morgan fingerprint density at radius 3 is 3.07 bits per heavy atom. The highest BCUT2D eigenvalue weighted by molar-refractivity contribution is 7.99. The second kappa shape index (κ2) is 9.02. The summed E-state index contributed by atoms with van der Waals surface area (Å²) in [6.45, 7) is 2.27. The number of rotatable bonds is 6. The average Bonchev–Trinajstić information content (AvgIpc) is 3.34. The highest BCUT2D eigenvalue weighted by atomic mass is 32.2. The maximum atomic E-state index is 12.3. The summed E-state index contributed by atoms with van der Waals surface area (Å²) in [5.74, 6) is 1.73. The first-order valence-electron chi connectivity index (χ1n) is 10.0. The number of anilines is 1. The molecule has 0 saturated carbocycles. The third-order valence-corrected chi connectivity index (χ3v) is 7.68. The average molecular weight is 438 g/mol. The predicted molar refractivity (Wildman–Crippen MR) is 121 cm³/mol. The molecular formula is C22H23N5OS2. The molecular weight excluding hydrogens is 414 g/mol. The van der Waals surface area contributed by atoms with Gasteiger partial charge in [-0.05, 0) is 55.0 Å². The van der Waals surface area contributed by atoms with E-state index in [-0.39, 0.29) is 11.7 Å². The number of nitriles is 1. The van der Waals surface area contributed by atoms with Crippen LogP contribution in [0, 0.1) is 17.2 Å². The van der Waals surface area contributed by atoms with Crippen molar-refractivity contribution in [3.8, 4) is 16.8 Å². The molecule has 4 rings (SSSR count). The van der Waals surface area contributed by atoms with Crippen molar-refractivity contribution in [1.82, 2.24) is 14.8 Å². The molecule has 2 aromatic heterocycles. The molecule has 0 radical (unpaired) electrons. The van der Waals surface area contributed by atoms with Crippen molar-refractivity contribution < 1.29 is 4.79 Å². The zero-order chi connectivity index (χ0) is 21.1. The van der Waals surface area contributed by atoms with Gasteiger partial charge in [-0.25, -0.2) is 0 Å². The number of carbonyl (C=O) groups excluding carboxylic acids is 1. The first-order chi connectivity index (χ1) is 14.6. The SMILES string of the molecule is CCC1CCc2sc(-c3nnc(SCC(=O)Nc4cccc(C#N)c4)n3C)cc2C1. The van der Waals surface area contributed by atoms with E-state index in [1.807, 2.05) is 23.0 Å². The summed E-state index contributed by atoms with van der Waals surface area (Å²) in [4.78, 5) is 14.9. The number of fused-ring (bicyclic) bond motifs is 1. The van der Waals surface area contributed by atoms with Gasteiger partial charge in [0.15, 0.2) is 11.0 Å². The Morgan fingerprint density at radius 2 is 2.27 bits per heavy atom. The summed E-state index contributed by atoms with van der Waals surface area (Å²) in [5, 5.41) is 21.2. The Labute approximate surface area is 184 Å². The summed E-state index contributed by atoms with van der Waals surface area (Å²) in [5.41, 5.74) is 2.60. The van der Waals surface area contributed by atoms with Gasteiger partial charge < -0.3 is 9.88 Å². The van der Waals surface area contributed by atoms with E-state index in [0.717, 1.165) is 29.5 Å². The first-order valence-corrected chi connectivity index (χ1v) is 11.8. The standard InChI is InChI=1S/C22H23N5OS2/c1-3-14-7-8-18-16(9-14)11-19(30-18)21-25-26-22(27(21)2)29-13-20(28)24-17-6-4-5-15(10-17)12-23/h4-6,10-11,14H,3,7-9,13H2,1-2H3,(H,24,28). The number of thioether (sulfide) groups is 1. The van der Waals surface area contributed by atoms with Gasteiger partial charge in [-0.1, -0.05) is 31.2 Å². The quantitative estimate of drug-likeness (QED) is 0.567. The number of amides is 1. The van der Waals surface area contributed by atoms with Crippen LogP contribution in [0.3, 0.4) is 0 Å². The molecule has 1 aliphatic carbocycles. The molecule has 1 unspecified atom stereocenters. The summed E-state index contributed by atoms with van der Waals surface area (Å²) in [6, 6.07) is 11.2. The topological polar surface area (TPSA) is 83.6 Å². The number of hydrogen-bond acceptors (Lipinski definition) is 6. The van der Waals surface area contributed by atoms with Gasteiger partial charge in [0.1, 0.15) is 0 Å². The number of hydrogen-bond donors (Lipinski definition) is 1. The molecule has 1 atom stereocenters. The number of nitrogens with one attached hydrogen (secondary N) is 1. The zero-order valence-corrected chi connectivity index (χ0v) is 18.6. The molecule has 2 heterocycles. The van der Waals surface area contributed by atoms with Crippen molar-refractivity contribution in [1.29, 1.82) is 5.26 Å². The molecule has 1 aliphatic rings. The molecule has 1 N–H and O–H groups in total. The highest BCUT2D eigenvalue weighted by Gasteiger charge is 2.22. The molecule has 0 saturated heterocycles. The Balaban J connectivity index is 1.41. The van der Waals surface area contributed by atoms with E-state index in [1.165, 1.54) is 35.0 Å². The maximum absolute atomic E-state index is 12.3. The molecule has 0 fully saturated rings. The van der Waals surface area contributed by atoms with Crippen LogP contribution in [-0.2, 0) is 24.7 Å². The van der Waals surface area contributed by atoms with Crippen molar-refractivity contribution in [2.45, 2.75) is 37.8 Å². The van der Waals surface area contributed by atoms with Gasteiger partial charge in [0.2, 0.25) is 5.91 Å². The minimum Gasteiger partial charge on any atom is -0.325 e. The maximum Gasteiger partial charge on any atom is 0.234 e. The number of thiophene rings is 1. The lowest BCUT2D eigenvalue weighted by atomic mass is 9.87. The summed E-state index contributed by atoms with van der Waals surface area (Å²) < 4.78 is 1.96. The van der Waals surface area contributed by atoms with E-state index in [2.05, 4.69) is 34.6 Å². The molecule has 0 bridgehead atoms. The van der Waals surface area contributed by atoms with E-state index in [1.54, 1.807) is 24.3 Å². The molecule has 6 nitrogen and oxygen atoms in total. The molecule has 154 valence electrons.